The first kappa shape index (κ1) is 21.3. The lowest BCUT2D eigenvalue weighted by atomic mass is 10.00. The summed E-state index contributed by atoms with van der Waals surface area (Å²) in [6.45, 7) is 5.76. The fraction of sp³-hybridized carbons (Fsp3) is 0.524. The molecule has 1 aliphatic rings. The number of carbonyl (C=O) groups is 1. The van der Waals surface area contributed by atoms with Crippen molar-refractivity contribution in [2.75, 3.05) is 25.4 Å². The van der Waals surface area contributed by atoms with Crippen LogP contribution >= 0.6 is 23.1 Å². The number of carbonyl (C=O) groups excluding carboxylic acids is 1. The minimum absolute atomic E-state index is 0.204. The molecule has 1 aliphatic heterocycles. The Kier molecular flexibility index (Phi) is 8.33. The van der Waals surface area contributed by atoms with Crippen molar-refractivity contribution in [3.05, 3.63) is 46.8 Å². The zero-order valence-electron chi connectivity index (χ0n) is 16.5. The minimum atomic E-state index is 0.204. The van der Waals surface area contributed by atoms with Crippen LogP contribution in [0.25, 0.3) is 0 Å². The molecule has 1 fully saturated rings. The monoisotopic (exact) mass is 418 g/mol. The maximum Gasteiger partial charge on any atom is 0.233 e. The third-order valence-electron chi connectivity index (χ3n) is 5.38. The highest BCUT2D eigenvalue weighted by molar-refractivity contribution is 7.99. The lowest BCUT2D eigenvalue weighted by molar-refractivity contribution is -0.132. The Morgan fingerprint density at radius 1 is 1.39 bits per heavy atom. The van der Waals surface area contributed by atoms with Gasteiger partial charge in [-0.1, -0.05) is 17.8 Å². The number of piperidine rings is 1. The van der Waals surface area contributed by atoms with Gasteiger partial charge in [0.2, 0.25) is 5.91 Å². The quantitative estimate of drug-likeness (QED) is 0.632. The molecule has 2 aromatic rings. The average molecular weight is 419 g/mol. The summed E-state index contributed by atoms with van der Waals surface area (Å²) in [5, 5.41) is 5.12. The highest BCUT2D eigenvalue weighted by atomic mass is 32.2. The zero-order chi connectivity index (χ0) is 19.8. The van der Waals surface area contributed by atoms with Crippen LogP contribution in [0, 0.1) is 0 Å². The number of nitrogens with two attached hydrogens (primary N) is 1. The standard InChI is InChI=1S/C21H30N4OS2/c1-17(5-9-22)24-11-6-19(7-12-24)25(14-18-8-13-27-15-18)21(26)16-28-20-4-2-3-10-23-20/h2-4,8,10,13,15,17,19H,5-7,9,11-12,14,16,22H2,1H3. The number of hydrogen-bond acceptors (Lipinski definition) is 6. The number of amides is 1. The zero-order valence-corrected chi connectivity index (χ0v) is 18.1. The number of rotatable bonds is 9. The molecular formula is C21H30N4OS2. The summed E-state index contributed by atoms with van der Waals surface area (Å²) in [7, 11) is 0. The van der Waals surface area contributed by atoms with Crippen LogP contribution < -0.4 is 5.73 Å². The summed E-state index contributed by atoms with van der Waals surface area (Å²) in [4.78, 5) is 22.0. The van der Waals surface area contributed by atoms with E-state index in [0.717, 1.165) is 43.9 Å². The van der Waals surface area contributed by atoms with Gasteiger partial charge in [0.1, 0.15) is 0 Å². The first-order chi connectivity index (χ1) is 13.7. The van der Waals surface area contributed by atoms with E-state index in [0.29, 0.717) is 24.4 Å². The van der Waals surface area contributed by atoms with E-state index < -0.39 is 0 Å². The number of pyridine rings is 1. The predicted octanol–water partition coefficient (Wildman–Crippen LogP) is 3.47. The van der Waals surface area contributed by atoms with Crippen LogP contribution in [0.5, 0.6) is 0 Å². The van der Waals surface area contributed by atoms with Crippen molar-refractivity contribution < 1.29 is 4.79 Å². The van der Waals surface area contributed by atoms with E-state index in [1.165, 1.54) is 17.3 Å². The molecule has 0 saturated carbocycles. The van der Waals surface area contributed by atoms with Crippen LogP contribution in [0.4, 0.5) is 0 Å². The molecule has 1 amide bonds. The van der Waals surface area contributed by atoms with Gasteiger partial charge >= 0.3 is 0 Å². The summed E-state index contributed by atoms with van der Waals surface area (Å²) < 4.78 is 0. The highest BCUT2D eigenvalue weighted by Crippen LogP contribution is 2.24. The van der Waals surface area contributed by atoms with Gasteiger partial charge in [0, 0.05) is 37.9 Å². The van der Waals surface area contributed by atoms with Crippen molar-refractivity contribution >= 4 is 29.0 Å². The van der Waals surface area contributed by atoms with Gasteiger partial charge in [-0.3, -0.25) is 4.79 Å². The molecule has 3 heterocycles. The first-order valence-electron chi connectivity index (χ1n) is 9.96. The van der Waals surface area contributed by atoms with E-state index >= 15 is 0 Å². The van der Waals surface area contributed by atoms with Gasteiger partial charge in [-0.2, -0.15) is 11.3 Å². The summed E-state index contributed by atoms with van der Waals surface area (Å²) >= 11 is 3.21. The van der Waals surface area contributed by atoms with Gasteiger partial charge in [-0.25, -0.2) is 4.98 Å². The second-order valence-corrected chi connectivity index (χ2v) is 9.08. The second-order valence-electron chi connectivity index (χ2n) is 7.30. The molecule has 1 atom stereocenters. The van der Waals surface area contributed by atoms with Crippen LogP contribution in [0.2, 0.25) is 0 Å². The lowest BCUT2D eigenvalue weighted by Gasteiger charge is -2.40. The Bertz CT molecular complexity index is 702. The molecule has 0 aliphatic carbocycles. The molecule has 0 bridgehead atoms. The molecule has 5 nitrogen and oxygen atoms in total. The number of likely N-dealkylation sites (tertiary alicyclic amines) is 1. The molecular weight excluding hydrogens is 388 g/mol. The van der Waals surface area contributed by atoms with Gasteiger partial charge in [0.25, 0.3) is 0 Å². The third-order valence-corrected chi connectivity index (χ3v) is 7.04. The first-order valence-corrected chi connectivity index (χ1v) is 11.9. The van der Waals surface area contributed by atoms with Gasteiger partial charge in [-0.05, 0) is 67.3 Å². The average Bonchev–Trinajstić information content (AvgIpc) is 3.25. The Morgan fingerprint density at radius 2 is 2.21 bits per heavy atom. The van der Waals surface area contributed by atoms with E-state index in [2.05, 4.69) is 38.5 Å². The van der Waals surface area contributed by atoms with Gasteiger partial charge in [0.05, 0.1) is 10.8 Å². The van der Waals surface area contributed by atoms with Crippen molar-refractivity contribution in [3.8, 4) is 0 Å². The smallest absolute Gasteiger partial charge is 0.233 e. The van der Waals surface area contributed by atoms with Crippen LogP contribution in [0.3, 0.4) is 0 Å². The Morgan fingerprint density at radius 3 is 2.86 bits per heavy atom. The SMILES string of the molecule is CC(CCN)N1CCC(N(Cc2ccsc2)C(=O)CSc2ccccn2)CC1. The maximum atomic E-state index is 13.1. The minimum Gasteiger partial charge on any atom is -0.335 e. The van der Waals surface area contributed by atoms with Crippen molar-refractivity contribution in [1.29, 1.82) is 0 Å². The summed E-state index contributed by atoms with van der Waals surface area (Å²) in [6, 6.07) is 8.76. The lowest BCUT2D eigenvalue weighted by Crippen LogP contribution is -2.49. The van der Waals surface area contributed by atoms with E-state index in [9.17, 15) is 4.79 Å². The molecule has 0 spiro atoms. The Hall–Kier alpha value is -1.41. The number of thiophene rings is 1. The summed E-state index contributed by atoms with van der Waals surface area (Å²) in [6.07, 6.45) is 4.86. The largest absolute Gasteiger partial charge is 0.335 e. The summed E-state index contributed by atoms with van der Waals surface area (Å²) in [5.74, 6) is 0.639. The van der Waals surface area contributed by atoms with Gasteiger partial charge in [-0.15, -0.1) is 0 Å². The molecule has 152 valence electrons. The van der Waals surface area contributed by atoms with Crippen molar-refractivity contribution in [3.63, 3.8) is 0 Å². The fourth-order valence-electron chi connectivity index (χ4n) is 3.71. The van der Waals surface area contributed by atoms with Crippen LogP contribution in [-0.2, 0) is 11.3 Å². The molecule has 3 rings (SSSR count). The Labute approximate surface area is 176 Å². The van der Waals surface area contributed by atoms with E-state index in [1.807, 2.05) is 18.2 Å². The molecule has 28 heavy (non-hydrogen) atoms. The van der Waals surface area contributed by atoms with Crippen molar-refractivity contribution in [2.45, 2.75) is 49.8 Å². The Balaban J connectivity index is 1.61. The second kappa shape index (κ2) is 11.0. The number of nitrogens with zero attached hydrogens (tertiary/aromatic N) is 3. The highest BCUT2D eigenvalue weighted by Gasteiger charge is 2.29. The van der Waals surface area contributed by atoms with Crippen LogP contribution in [0.15, 0.2) is 46.2 Å². The summed E-state index contributed by atoms with van der Waals surface area (Å²) in [5.41, 5.74) is 6.94. The molecule has 2 aromatic heterocycles. The van der Waals surface area contributed by atoms with Gasteiger partial charge in [0.15, 0.2) is 0 Å². The normalized spacial score (nSPS) is 16.8. The maximum absolute atomic E-state index is 13.1. The van der Waals surface area contributed by atoms with E-state index in [1.54, 1.807) is 17.5 Å². The van der Waals surface area contributed by atoms with Crippen LogP contribution in [0.1, 0.15) is 31.7 Å². The number of thioether (sulfide) groups is 1. The number of aromatic nitrogens is 1. The van der Waals surface area contributed by atoms with Crippen molar-refractivity contribution in [2.24, 2.45) is 5.73 Å². The van der Waals surface area contributed by atoms with E-state index in [-0.39, 0.29) is 5.91 Å². The van der Waals surface area contributed by atoms with E-state index in [4.69, 9.17) is 5.73 Å². The van der Waals surface area contributed by atoms with Crippen LogP contribution in [-0.4, -0.2) is 58.2 Å². The van der Waals surface area contributed by atoms with Crippen molar-refractivity contribution in [1.82, 2.24) is 14.8 Å². The fourth-order valence-corrected chi connectivity index (χ4v) is 5.12. The molecule has 0 aromatic carbocycles. The molecule has 1 saturated heterocycles. The molecule has 1 unspecified atom stereocenters. The molecule has 0 radical (unpaired) electrons. The topological polar surface area (TPSA) is 62.5 Å². The third kappa shape index (κ3) is 6.04. The predicted molar refractivity (Wildman–Crippen MR) is 118 cm³/mol. The van der Waals surface area contributed by atoms with Gasteiger partial charge < -0.3 is 15.5 Å². The molecule has 2 N–H and O–H groups in total. The molecule has 7 heteroatoms. The number of hydrogen-bond donors (Lipinski definition) is 1.